The summed E-state index contributed by atoms with van der Waals surface area (Å²) in [7, 11) is 1.29. The fraction of sp³-hybridized carbons (Fsp3) is 0.333. The van der Waals surface area contributed by atoms with Crippen LogP contribution in [0.1, 0.15) is 0 Å². The third-order valence-electron chi connectivity index (χ3n) is 0.219. The largest absolute Gasteiger partial charge is 0.525 e. The number of carboxylic acids is 1. The molecule has 0 aliphatic carbocycles. The average Bonchev–Trinajstić information content (AvgIpc) is 1.35. The van der Waals surface area contributed by atoms with Gasteiger partial charge in [0, 0.05) is 39.8 Å². The molecule has 4 heteroatoms. The molecule has 0 fully saturated rings. The van der Waals surface area contributed by atoms with E-state index in [0.29, 0.717) is 6.61 Å². The number of aliphatic carboxylic acids is 1. The summed E-state index contributed by atoms with van der Waals surface area (Å²) in [5.74, 6) is -1.06. The molecular weight excluding hydrogens is 173 g/mol. The number of rotatable bonds is 2. The predicted octanol–water partition coefficient (Wildman–Crippen LogP) is -0.123. The summed E-state index contributed by atoms with van der Waals surface area (Å²) in [6.45, 7) is 0.708. The molecule has 0 unspecified atom stereocenters. The summed E-state index contributed by atoms with van der Waals surface area (Å²) < 4.78 is 4.08. The molecule has 7 heavy (non-hydrogen) atoms. The summed E-state index contributed by atoms with van der Waals surface area (Å²) in [5, 5.41) is 7.73. The van der Waals surface area contributed by atoms with E-state index < -0.39 is 5.97 Å². The topological polar surface area (TPSA) is 46.5 Å². The molecule has 0 spiro atoms. The Labute approximate surface area is 66.9 Å². The van der Waals surface area contributed by atoms with E-state index in [0.717, 1.165) is 0 Å². The van der Waals surface area contributed by atoms with Crippen molar-refractivity contribution in [2.45, 2.75) is 0 Å². The molecule has 0 aliphatic heterocycles. The minimum atomic E-state index is -1.06. The minimum absolute atomic E-state index is 0. The fourth-order valence-electron chi connectivity index (χ4n) is 0.101. The number of hydrogen-bond acceptors (Lipinski definition) is 2. The number of carbonyl (C=O) groups is 1. The van der Waals surface area contributed by atoms with E-state index in [9.17, 15) is 4.79 Å². The van der Waals surface area contributed by atoms with E-state index in [1.54, 1.807) is 0 Å². The average molecular weight is 178 g/mol. The number of hydrogen-bond donors (Lipinski definition) is 1. The second-order valence-corrected chi connectivity index (χ2v) is 0.692. The van der Waals surface area contributed by atoms with Crippen LogP contribution < -0.4 is 0 Å². The molecule has 0 heterocycles. The Balaban J connectivity index is 0. The maximum absolute atomic E-state index is 9.42. The standard InChI is InChI=1S/C3H5O3.Y/c1-6-2-3(4)5;/h2H,1H3,(H,4,5);/q-1;. The van der Waals surface area contributed by atoms with Gasteiger partial charge in [-0.05, 0) is 0 Å². The Hall–Kier alpha value is 0.404. The summed E-state index contributed by atoms with van der Waals surface area (Å²) in [4.78, 5) is 9.42. The van der Waals surface area contributed by atoms with Crippen LogP contribution in [0.4, 0.5) is 0 Å². The fourth-order valence-corrected chi connectivity index (χ4v) is 0.101. The van der Waals surface area contributed by atoms with Gasteiger partial charge >= 0.3 is 0 Å². The van der Waals surface area contributed by atoms with Crippen molar-refractivity contribution in [2.24, 2.45) is 0 Å². The first-order valence-corrected chi connectivity index (χ1v) is 1.36. The molecule has 1 radical (unpaired) electrons. The van der Waals surface area contributed by atoms with Gasteiger partial charge in [-0.2, -0.15) is 6.61 Å². The molecule has 0 saturated heterocycles. The first kappa shape index (κ1) is 10.4. The van der Waals surface area contributed by atoms with E-state index in [-0.39, 0.29) is 32.7 Å². The van der Waals surface area contributed by atoms with Crippen LogP contribution in [-0.2, 0) is 42.2 Å². The monoisotopic (exact) mass is 178 g/mol. The molecule has 0 atom stereocenters. The third kappa shape index (κ3) is 10.7. The Morgan fingerprint density at radius 3 is 2.29 bits per heavy atom. The van der Waals surface area contributed by atoms with Crippen LogP contribution in [0.25, 0.3) is 0 Å². The maximum Gasteiger partial charge on any atom is 0.188 e. The summed E-state index contributed by atoms with van der Waals surface area (Å²) in [5.41, 5.74) is 0. The van der Waals surface area contributed by atoms with Gasteiger partial charge in [0.05, 0.1) is 0 Å². The van der Waals surface area contributed by atoms with Crippen molar-refractivity contribution in [1.82, 2.24) is 0 Å². The third-order valence-corrected chi connectivity index (χ3v) is 0.219. The SMILES string of the molecule is CO[CH-]C(=O)O.[Y]. The van der Waals surface area contributed by atoms with Crippen LogP contribution in [0.2, 0.25) is 0 Å². The van der Waals surface area contributed by atoms with Crippen molar-refractivity contribution in [3.8, 4) is 0 Å². The van der Waals surface area contributed by atoms with Gasteiger partial charge in [-0.3, -0.25) is 4.79 Å². The van der Waals surface area contributed by atoms with E-state index in [1.807, 2.05) is 0 Å². The van der Waals surface area contributed by atoms with E-state index >= 15 is 0 Å². The van der Waals surface area contributed by atoms with Crippen LogP contribution in [0, 0.1) is 6.61 Å². The minimum Gasteiger partial charge on any atom is -0.525 e. The zero-order valence-electron chi connectivity index (χ0n) is 3.92. The molecule has 39 valence electrons. The van der Waals surface area contributed by atoms with Crippen molar-refractivity contribution >= 4 is 5.97 Å². The molecule has 0 amide bonds. The molecule has 3 nitrogen and oxygen atoms in total. The van der Waals surface area contributed by atoms with Gasteiger partial charge in [-0.15, -0.1) is 0 Å². The van der Waals surface area contributed by atoms with E-state index in [1.165, 1.54) is 7.11 Å². The number of ether oxygens (including phenoxy) is 1. The molecule has 0 aromatic rings. The van der Waals surface area contributed by atoms with Crippen molar-refractivity contribution < 1.29 is 47.3 Å². The molecule has 0 bridgehead atoms. The van der Waals surface area contributed by atoms with Gasteiger partial charge in [0.2, 0.25) is 0 Å². The Bertz CT molecular complexity index is 54.1. The molecule has 0 aliphatic rings. The smallest absolute Gasteiger partial charge is 0.188 e. The Morgan fingerprint density at radius 1 is 1.86 bits per heavy atom. The van der Waals surface area contributed by atoms with Gasteiger partial charge in [0.1, 0.15) is 0 Å². The van der Waals surface area contributed by atoms with Gasteiger partial charge in [0.15, 0.2) is 5.97 Å². The second-order valence-electron chi connectivity index (χ2n) is 0.692. The number of methoxy groups -OCH3 is 1. The van der Waals surface area contributed by atoms with Gasteiger partial charge < -0.3 is 9.84 Å². The van der Waals surface area contributed by atoms with Gasteiger partial charge in [-0.25, -0.2) is 0 Å². The van der Waals surface area contributed by atoms with Crippen molar-refractivity contribution in [1.29, 1.82) is 0 Å². The zero-order chi connectivity index (χ0) is 4.99. The molecule has 0 aromatic carbocycles. The molecule has 0 aromatic heterocycles. The van der Waals surface area contributed by atoms with Gasteiger partial charge in [-0.1, -0.05) is 0 Å². The van der Waals surface area contributed by atoms with E-state index in [2.05, 4.69) is 4.74 Å². The predicted molar refractivity (Wildman–Crippen MR) is 18.9 cm³/mol. The molecule has 1 N–H and O–H groups in total. The first-order valence-electron chi connectivity index (χ1n) is 1.36. The van der Waals surface area contributed by atoms with Crippen LogP contribution in [0.3, 0.4) is 0 Å². The number of carboxylic acid groups (broad SMARTS) is 1. The van der Waals surface area contributed by atoms with Crippen LogP contribution in [0.15, 0.2) is 0 Å². The summed E-state index contributed by atoms with van der Waals surface area (Å²) in [6.07, 6.45) is 0. The quantitative estimate of drug-likeness (QED) is 0.599. The van der Waals surface area contributed by atoms with E-state index in [4.69, 9.17) is 5.11 Å². The Morgan fingerprint density at radius 2 is 2.29 bits per heavy atom. The van der Waals surface area contributed by atoms with Crippen LogP contribution in [0.5, 0.6) is 0 Å². The second kappa shape index (κ2) is 6.40. The Kier molecular flexibility index (Phi) is 9.51. The first-order chi connectivity index (χ1) is 2.77. The molecule has 0 saturated carbocycles. The van der Waals surface area contributed by atoms with Crippen molar-refractivity contribution in [3.05, 3.63) is 6.61 Å². The van der Waals surface area contributed by atoms with Crippen molar-refractivity contribution in [2.75, 3.05) is 7.11 Å². The normalized spacial score (nSPS) is 6.43. The van der Waals surface area contributed by atoms with Crippen molar-refractivity contribution in [3.63, 3.8) is 0 Å². The molecular formula is C3H5O3Y-. The van der Waals surface area contributed by atoms with Crippen LogP contribution >= 0.6 is 0 Å². The van der Waals surface area contributed by atoms with Gasteiger partial charge in [0.25, 0.3) is 0 Å². The zero-order valence-corrected chi connectivity index (χ0v) is 6.76. The molecule has 0 rings (SSSR count). The summed E-state index contributed by atoms with van der Waals surface area (Å²) in [6, 6.07) is 0. The summed E-state index contributed by atoms with van der Waals surface area (Å²) >= 11 is 0. The van der Waals surface area contributed by atoms with Crippen LogP contribution in [-0.4, -0.2) is 18.2 Å². The maximum atomic E-state index is 9.42.